The smallest absolute Gasteiger partial charge is 0.227 e. The van der Waals surface area contributed by atoms with Crippen LogP contribution in [0, 0.1) is 11.8 Å². The first-order valence-corrected chi connectivity index (χ1v) is 10.2. The first kappa shape index (κ1) is 20.1. The summed E-state index contributed by atoms with van der Waals surface area (Å²) in [7, 11) is 0. The molecule has 0 atom stereocenters. The van der Waals surface area contributed by atoms with Crippen LogP contribution < -0.4 is 5.32 Å². The van der Waals surface area contributed by atoms with Crippen molar-refractivity contribution in [3.8, 4) is 0 Å². The summed E-state index contributed by atoms with van der Waals surface area (Å²) in [6.07, 6.45) is 3.10. The number of nitrogens with one attached hydrogen (secondary N) is 1. The summed E-state index contributed by atoms with van der Waals surface area (Å²) >= 11 is 0. The standard InChI is InChI=1S/C24H30N2O2/c1-18(2)26(17-19-9-5-3-6-10-19)24(28)21-15-13-20(14-16-21)23(27)25-22-11-7-4-8-12-22/h3-12,18,20-21H,13-17H2,1-2H3,(H,25,27). The van der Waals surface area contributed by atoms with Crippen LogP contribution in [0.4, 0.5) is 5.69 Å². The zero-order valence-corrected chi connectivity index (χ0v) is 16.8. The molecular weight excluding hydrogens is 348 g/mol. The largest absolute Gasteiger partial charge is 0.336 e. The molecule has 0 aromatic heterocycles. The van der Waals surface area contributed by atoms with Crippen LogP contribution in [0.15, 0.2) is 60.7 Å². The maximum Gasteiger partial charge on any atom is 0.227 e. The Balaban J connectivity index is 1.55. The van der Waals surface area contributed by atoms with E-state index in [2.05, 4.69) is 31.3 Å². The lowest BCUT2D eigenvalue weighted by atomic mass is 9.80. The summed E-state index contributed by atoms with van der Waals surface area (Å²) in [6, 6.07) is 19.9. The quantitative estimate of drug-likeness (QED) is 0.780. The molecule has 0 saturated heterocycles. The molecule has 1 aliphatic carbocycles. The minimum absolute atomic E-state index is 0.00844. The van der Waals surface area contributed by atoms with Crippen LogP contribution in [0.25, 0.3) is 0 Å². The van der Waals surface area contributed by atoms with Crippen molar-refractivity contribution in [1.82, 2.24) is 4.90 Å². The third-order valence-electron chi connectivity index (χ3n) is 5.59. The molecule has 0 unspecified atom stereocenters. The third-order valence-corrected chi connectivity index (χ3v) is 5.59. The summed E-state index contributed by atoms with van der Waals surface area (Å²) in [5.41, 5.74) is 1.99. The number of carbonyl (C=O) groups excluding carboxylic acids is 2. The average molecular weight is 379 g/mol. The van der Waals surface area contributed by atoms with Crippen molar-refractivity contribution in [2.45, 2.75) is 52.1 Å². The molecule has 2 aromatic carbocycles. The van der Waals surface area contributed by atoms with Crippen molar-refractivity contribution >= 4 is 17.5 Å². The lowest BCUT2D eigenvalue weighted by molar-refractivity contribution is -0.140. The number of carbonyl (C=O) groups is 2. The fraction of sp³-hybridized carbons (Fsp3) is 0.417. The van der Waals surface area contributed by atoms with Crippen molar-refractivity contribution in [3.63, 3.8) is 0 Å². The molecule has 0 heterocycles. The van der Waals surface area contributed by atoms with Gasteiger partial charge in [0.2, 0.25) is 11.8 Å². The molecule has 0 bridgehead atoms. The maximum atomic E-state index is 13.1. The highest BCUT2D eigenvalue weighted by atomic mass is 16.2. The highest BCUT2D eigenvalue weighted by Gasteiger charge is 2.33. The van der Waals surface area contributed by atoms with Gasteiger partial charge in [-0.25, -0.2) is 0 Å². The predicted molar refractivity (Wildman–Crippen MR) is 113 cm³/mol. The van der Waals surface area contributed by atoms with E-state index in [1.54, 1.807) is 0 Å². The maximum absolute atomic E-state index is 13.1. The van der Waals surface area contributed by atoms with E-state index in [0.717, 1.165) is 36.9 Å². The van der Waals surface area contributed by atoms with E-state index in [1.165, 1.54) is 0 Å². The topological polar surface area (TPSA) is 49.4 Å². The first-order valence-electron chi connectivity index (χ1n) is 10.2. The van der Waals surface area contributed by atoms with Gasteiger partial charge in [0, 0.05) is 30.1 Å². The Hall–Kier alpha value is -2.62. The Kier molecular flexibility index (Phi) is 6.85. The number of anilines is 1. The molecule has 1 saturated carbocycles. The summed E-state index contributed by atoms with van der Waals surface area (Å²) in [6.45, 7) is 4.78. The minimum atomic E-state index is -0.00844. The van der Waals surface area contributed by atoms with Gasteiger partial charge in [0.05, 0.1) is 0 Å². The van der Waals surface area contributed by atoms with Crippen molar-refractivity contribution < 1.29 is 9.59 Å². The van der Waals surface area contributed by atoms with Crippen LogP contribution in [0.3, 0.4) is 0 Å². The van der Waals surface area contributed by atoms with Gasteiger partial charge in [0.1, 0.15) is 0 Å². The van der Waals surface area contributed by atoms with Gasteiger partial charge in [0.15, 0.2) is 0 Å². The van der Waals surface area contributed by atoms with Crippen LogP contribution in [-0.4, -0.2) is 22.8 Å². The number of hydrogen-bond acceptors (Lipinski definition) is 2. The monoisotopic (exact) mass is 378 g/mol. The molecule has 1 N–H and O–H groups in total. The molecule has 1 aliphatic rings. The molecule has 0 spiro atoms. The third kappa shape index (κ3) is 5.22. The van der Waals surface area contributed by atoms with E-state index in [-0.39, 0.29) is 29.7 Å². The van der Waals surface area contributed by atoms with Crippen LogP contribution in [-0.2, 0) is 16.1 Å². The Morgan fingerprint density at radius 2 is 1.43 bits per heavy atom. The second kappa shape index (κ2) is 9.54. The normalized spacial score (nSPS) is 19.2. The average Bonchev–Trinajstić information content (AvgIpc) is 2.73. The van der Waals surface area contributed by atoms with Crippen LogP contribution in [0.2, 0.25) is 0 Å². The van der Waals surface area contributed by atoms with E-state index < -0.39 is 0 Å². The molecule has 148 valence electrons. The Morgan fingerprint density at radius 1 is 0.893 bits per heavy atom. The Morgan fingerprint density at radius 3 is 2.00 bits per heavy atom. The molecule has 2 aromatic rings. The van der Waals surface area contributed by atoms with Crippen molar-refractivity contribution in [3.05, 3.63) is 66.2 Å². The summed E-state index contributed by atoms with van der Waals surface area (Å²) < 4.78 is 0. The van der Waals surface area contributed by atoms with E-state index >= 15 is 0 Å². The second-order valence-corrected chi connectivity index (χ2v) is 7.95. The zero-order valence-electron chi connectivity index (χ0n) is 16.8. The number of benzene rings is 2. The van der Waals surface area contributed by atoms with E-state index in [0.29, 0.717) is 6.54 Å². The van der Waals surface area contributed by atoms with Crippen molar-refractivity contribution in [2.24, 2.45) is 11.8 Å². The summed E-state index contributed by atoms with van der Waals surface area (Å²) in [5.74, 6) is 0.306. The molecule has 0 aliphatic heterocycles. The van der Waals surface area contributed by atoms with Gasteiger partial charge in [-0.15, -0.1) is 0 Å². The SMILES string of the molecule is CC(C)N(Cc1ccccc1)C(=O)C1CCC(C(=O)Nc2ccccc2)CC1. The lowest BCUT2D eigenvalue weighted by Crippen LogP contribution is -2.42. The second-order valence-electron chi connectivity index (χ2n) is 7.95. The van der Waals surface area contributed by atoms with Gasteiger partial charge in [0.25, 0.3) is 0 Å². The Bertz CT molecular complexity index is 766. The van der Waals surface area contributed by atoms with Gasteiger partial charge >= 0.3 is 0 Å². The van der Waals surface area contributed by atoms with E-state index in [1.807, 2.05) is 53.4 Å². The van der Waals surface area contributed by atoms with Gasteiger partial charge in [-0.3, -0.25) is 9.59 Å². The van der Waals surface area contributed by atoms with Gasteiger partial charge < -0.3 is 10.2 Å². The molecule has 28 heavy (non-hydrogen) atoms. The lowest BCUT2D eigenvalue weighted by Gasteiger charge is -2.34. The number of nitrogens with zero attached hydrogens (tertiary/aromatic N) is 1. The highest BCUT2D eigenvalue weighted by Crippen LogP contribution is 2.31. The molecule has 4 heteroatoms. The molecule has 4 nitrogen and oxygen atoms in total. The minimum Gasteiger partial charge on any atom is -0.336 e. The number of hydrogen-bond donors (Lipinski definition) is 1. The zero-order chi connectivity index (χ0) is 19.9. The molecular formula is C24H30N2O2. The summed E-state index contributed by atoms with van der Waals surface area (Å²) in [4.78, 5) is 27.6. The number of amides is 2. The molecule has 1 fully saturated rings. The van der Waals surface area contributed by atoms with Gasteiger partial charge in [-0.1, -0.05) is 48.5 Å². The van der Waals surface area contributed by atoms with Crippen LogP contribution in [0.5, 0.6) is 0 Å². The fourth-order valence-electron chi connectivity index (χ4n) is 3.90. The van der Waals surface area contributed by atoms with Gasteiger partial charge in [-0.05, 0) is 57.2 Å². The van der Waals surface area contributed by atoms with Crippen LogP contribution in [0.1, 0.15) is 45.1 Å². The van der Waals surface area contributed by atoms with Crippen molar-refractivity contribution in [1.29, 1.82) is 0 Å². The summed E-state index contributed by atoms with van der Waals surface area (Å²) in [5, 5.41) is 3.00. The predicted octanol–water partition coefficient (Wildman–Crippen LogP) is 4.87. The van der Waals surface area contributed by atoms with E-state index in [4.69, 9.17) is 0 Å². The highest BCUT2D eigenvalue weighted by molar-refractivity contribution is 5.92. The van der Waals surface area contributed by atoms with Gasteiger partial charge in [-0.2, -0.15) is 0 Å². The number of rotatable bonds is 6. The molecule has 3 rings (SSSR count). The molecule has 2 amide bonds. The Labute approximate surface area is 167 Å². The molecule has 0 radical (unpaired) electrons. The van der Waals surface area contributed by atoms with Crippen molar-refractivity contribution in [2.75, 3.05) is 5.32 Å². The first-order chi connectivity index (χ1) is 13.5. The van der Waals surface area contributed by atoms with Crippen LogP contribution >= 0.6 is 0 Å². The fourth-order valence-corrected chi connectivity index (χ4v) is 3.90. The number of para-hydroxylation sites is 1. The van der Waals surface area contributed by atoms with E-state index in [9.17, 15) is 9.59 Å².